The number of aryl methyl sites for hydroxylation is 1. The first-order valence-corrected chi connectivity index (χ1v) is 11.0. The second-order valence-corrected chi connectivity index (χ2v) is 7.78. The average molecular weight is 462 g/mol. The van der Waals surface area contributed by atoms with E-state index in [4.69, 9.17) is 11.0 Å². The molecule has 1 aromatic heterocycles. The number of nitriles is 1. The lowest BCUT2D eigenvalue weighted by molar-refractivity contribution is -0.120. The first-order valence-electron chi connectivity index (χ1n) is 11.0. The fourth-order valence-electron chi connectivity index (χ4n) is 3.59. The summed E-state index contributed by atoms with van der Waals surface area (Å²) < 4.78 is 1.68. The molecule has 0 saturated carbocycles. The van der Waals surface area contributed by atoms with Crippen LogP contribution in [0.2, 0.25) is 0 Å². The van der Waals surface area contributed by atoms with Crippen molar-refractivity contribution in [3.8, 4) is 6.07 Å². The van der Waals surface area contributed by atoms with E-state index in [1.54, 1.807) is 47.0 Å². The van der Waals surface area contributed by atoms with E-state index in [1.165, 1.54) is 0 Å². The van der Waals surface area contributed by atoms with Crippen LogP contribution in [0.3, 0.4) is 0 Å². The minimum Gasteiger partial charge on any atom is -0.370 e. The summed E-state index contributed by atoms with van der Waals surface area (Å²) in [7, 11) is 0. The number of urea groups is 1. The molecule has 0 bridgehead atoms. The molecule has 176 valence electrons. The van der Waals surface area contributed by atoms with E-state index in [1.807, 2.05) is 19.9 Å². The number of rotatable bonds is 9. The molecule has 0 atom stereocenters. The molecular formula is C24H27N7O3. The quantitative estimate of drug-likeness (QED) is 0.381. The van der Waals surface area contributed by atoms with Crippen LogP contribution >= 0.6 is 0 Å². The Morgan fingerprint density at radius 1 is 1.06 bits per heavy atom. The number of nitrogens with zero attached hydrogens (tertiary/aromatic N) is 3. The van der Waals surface area contributed by atoms with Gasteiger partial charge in [0.1, 0.15) is 0 Å². The molecule has 3 aromatic rings. The second-order valence-electron chi connectivity index (χ2n) is 7.78. The summed E-state index contributed by atoms with van der Waals surface area (Å²) >= 11 is 0. The topological polar surface area (TPSA) is 155 Å². The number of fused-ring (bicyclic) bond motifs is 1. The van der Waals surface area contributed by atoms with Crippen LogP contribution in [0.25, 0.3) is 11.0 Å². The van der Waals surface area contributed by atoms with E-state index in [0.29, 0.717) is 28.0 Å². The maximum atomic E-state index is 12.6. The third-order valence-electron chi connectivity index (χ3n) is 5.43. The van der Waals surface area contributed by atoms with Gasteiger partial charge in [-0.25, -0.2) is 9.78 Å². The molecule has 10 heteroatoms. The molecule has 0 fully saturated rings. The molecule has 1 heterocycles. The lowest BCUT2D eigenvalue weighted by Crippen LogP contribution is -2.23. The zero-order valence-corrected chi connectivity index (χ0v) is 19.1. The summed E-state index contributed by atoms with van der Waals surface area (Å²) in [5, 5.41) is 17.3. The molecular weight excluding hydrogens is 434 g/mol. The highest BCUT2D eigenvalue weighted by molar-refractivity contribution is 6.00. The Hall–Kier alpha value is -4.39. The number of benzene rings is 2. The maximum absolute atomic E-state index is 12.6. The third kappa shape index (κ3) is 5.89. The number of nitrogens with one attached hydrogen (secondary N) is 3. The van der Waals surface area contributed by atoms with E-state index >= 15 is 0 Å². The van der Waals surface area contributed by atoms with Crippen molar-refractivity contribution in [3.05, 3.63) is 48.0 Å². The van der Waals surface area contributed by atoms with Crippen LogP contribution in [0, 0.1) is 17.2 Å². The number of imidazole rings is 1. The Balaban J connectivity index is 1.86. The van der Waals surface area contributed by atoms with Crippen molar-refractivity contribution < 1.29 is 14.4 Å². The first kappa shape index (κ1) is 24.3. The van der Waals surface area contributed by atoms with Gasteiger partial charge in [0.25, 0.3) is 0 Å². The van der Waals surface area contributed by atoms with Gasteiger partial charge in [-0.1, -0.05) is 19.9 Å². The molecule has 34 heavy (non-hydrogen) atoms. The van der Waals surface area contributed by atoms with Gasteiger partial charge in [-0.3, -0.25) is 14.9 Å². The molecule has 3 rings (SSSR count). The van der Waals surface area contributed by atoms with E-state index in [2.05, 4.69) is 20.9 Å². The SMILES string of the molecule is CCC(CC)C(=O)Nc1ccc2c(c1)nc(NC(=O)Nc1cccc(C#N)c1)n2CCC(N)=O. The van der Waals surface area contributed by atoms with Crippen molar-refractivity contribution in [2.24, 2.45) is 11.7 Å². The van der Waals surface area contributed by atoms with Crippen molar-refractivity contribution in [2.75, 3.05) is 16.0 Å². The number of hydrogen-bond acceptors (Lipinski definition) is 5. The van der Waals surface area contributed by atoms with Crippen LogP contribution in [-0.4, -0.2) is 27.4 Å². The number of carbonyl (C=O) groups is 3. The maximum Gasteiger partial charge on any atom is 0.326 e. The number of amides is 4. The molecule has 5 N–H and O–H groups in total. The number of aromatic nitrogens is 2. The Morgan fingerprint density at radius 2 is 1.79 bits per heavy atom. The lowest BCUT2D eigenvalue weighted by Gasteiger charge is -2.13. The Kier molecular flexibility index (Phi) is 7.82. The van der Waals surface area contributed by atoms with Crippen LogP contribution in [0.15, 0.2) is 42.5 Å². The largest absolute Gasteiger partial charge is 0.370 e. The fourth-order valence-corrected chi connectivity index (χ4v) is 3.59. The van der Waals surface area contributed by atoms with Gasteiger partial charge < -0.3 is 20.9 Å². The lowest BCUT2D eigenvalue weighted by atomic mass is 10.0. The third-order valence-corrected chi connectivity index (χ3v) is 5.43. The normalized spacial score (nSPS) is 10.6. The van der Waals surface area contributed by atoms with Crippen molar-refractivity contribution in [1.29, 1.82) is 5.26 Å². The van der Waals surface area contributed by atoms with Crippen molar-refractivity contribution in [3.63, 3.8) is 0 Å². The summed E-state index contributed by atoms with van der Waals surface area (Å²) in [6.45, 7) is 4.15. The minimum atomic E-state index is -0.562. The molecule has 0 radical (unpaired) electrons. The predicted molar refractivity (Wildman–Crippen MR) is 130 cm³/mol. The van der Waals surface area contributed by atoms with E-state index in [-0.39, 0.29) is 30.7 Å². The number of anilines is 3. The van der Waals surface area contributed by atoms with Gasteiger partial charge in [0.05, 0.1) is 22.7 Å². The highest BCUT2D eigenvalue weighted by atomic mass is 16.2. The highest BCUT2D eigenvalue weighted by Gasteiger charge is 2.17. The Labute approximate surface area is 197 Å². The summed E-state index contributed by atoms with van der Waals surface area (Å²) in [6, 6.07) is 13.2. The van der Waals surface area contributed by atoms with Crippen LogP contribution in [0.4, 0.5) is 22.1 Å². The Morgan fingerprint density at radius 3 is 2.47 bits per heavy atom. The smallest absolute Gasteiger partial charge is 0.326 e. The van der Waals surface area contributed by atoms with Gasteiger partial charge >= 0.3 is 6.03 Å². The van der Waals surface area contributed by atoms with Gasteiger partial charge in [-0.2, -0.15) is 5.26 Å². The minimum absolute atomic E-state index is 0.0547. The van der Waals surface area contributed by atoms with E-state index in [0.717, 1.165) is 12.8 Å². The van der Waals surface area contributed by atoms with Crippen molar-refractivity contribution >= 4 is 46.2 Å². The first-order chi connectivity index (χ1) is 16.3. The summed E-state index contributed by atoms with van der Waals surface area (Å²) in [5.41, 5.74) is 7.98. The van der Waals surface area contributed by atoms with Crippen molar-refractivity contribution in [1.82, 2.24) is 9.55 Å². The summed E-state index contributed by atoms with van der Waals surface area (Å²) in [5.74, 6) is -0.410. The summed E-state index contributed by atoms with van der Waals surface area (Å²) in [6.07, 6.45) is 1.54. The second kappa shape index (κ2) is 11.0. The molecule has 0 aliphatic heterocycles. The zero-order chi connectivity index (χ0) is 24.7. The summed E-state index contributed by atoms with van der Waals surface area (Å²) in [4.78, 5) is 40.9. The standard InChI is InChI=1S/C24H27N7O3/c1-3-16(4-2)22(33)27-18-8-9-20-19(13-18)29-23(31(20)11-10-21(26)32)30-24(34)28-17-7-5-6-15(12-17)14-25/h5-9,12-13,16H,3-4,10-11H2,1-2H3,(H2,26,32)(H,27,33)(H2,28,29,30,34). The number of nitrogens with two attached hydrogens (primary N) is 1. The molecule has 0 spiro atoms. The highest BCUT2D eigenvalue weighted by Crippen LogP contribution is 2.25. The van der Waals surface area contributed by atoms with Gasteiger partial charge in [-0.15, -0.1) is 0 Å². The molecule has 0 aliphatic rings. The van der Waals surface area contributed by atoms with Crippen LogP contribution in [0.1, 0.15) is 38.7 Å². The molecule has 10 nitrogen and oxygen atoms in total. The van der Waals surface area contributed by atoms with Gasteiger partial charge in [0.15, 0.2) is 0 Å². The number of hydrogen-bond donors (Lipinski definition) is 4. The number of primary amides is 1. The molecule has 2 aromatic carbocycles. The molecule has 0 saturated heterocycles. The van der Waals surface area contributed by atoms with Crippen molar-refractivity contribution in [2.45, 2.75) is 39.7 Å². The predicted octanol–water partition coefficient (Wildman–Crippen LogP) is 3.80. The average Bonchev–Trinajstić information content (AvgIpc) is 3.14. The monoisotopic (exact) mass is 461 g/mol. The number of carbonyl (C=O) groups excluding carboxylic acids is 3. The molecule has 4 amide bonds. The van der Waals surface area contributed by atoms with E-state index in [9.17, 15) is 14.4 Å². The van der Waals surface area contributed by atoms with Gasteiger partial charge in [-0.05, 0) is 49.2 Å². The zero-order valence-electron chi connectivity index (χ0n) is 19.1. The fraction of sp³-hybridized carbons (Fsp3) is 0.292. The van der Waals surface area contributed by atoms with Gasteiger partial charge in [0, 0.05) is 30.3 Å². The van der Waals surface area contributed by atoms with Crippen LogP contribution in [-0.2, 0) is 16.1 Å². The van der Waals surface area contributed by atoms with E-state index < -0.39 is 11.9 Å². The Bertz CT molecular complexity index is 1260. The molecule has 0 unspecified atom stereocenters. The van der Waals surface area contributed by atoms with Crippen LogP contribution in [0.5, 0.6) is 0 Å². The van der Waals surface area contributed by atoms with Gasteiger partial charge in [0.2, 0.25) is 17.8 Å². The van der Waals surface area contributed by atoms with Crippen LogP contribution < -0.4 is 21.7 Å². The molecule has 0 aliphatic carbocycles.